The Morgan fingerprint density at radius 3 is 2.19 bits per heavy atom. The normalized spacial score (nSPS) is 11.4. The monoisotopic (exact) mass is 389 g/mol. The van der Waals surface area contributed by atoms with Crippen molar-refractivity contribution in [2.45, 2.75) is 25.7 Å². The maximum atomic E-state index is 12.8. The molecule has 0 spiro atoms. The molecule has 0 bridgehead atoms. The van der Waals surface area contributed by atoms with Crippen molar-refractivity contribution >= 4 is 26.5 Å². The van der Waals surface area contributed by atoms with Crippen LogP contribution in [0.4, 0.5) is 5.13 Å². The van der Waals surface area contributed by atoms with Crippen LogP contribution >= 0.6 is 11.3 Å². The topological polar surface area (TPSA) is 81.2 Å². The summed E-state index contributed by atoms with van der Waals surface area (Å²) >= 11 is 1.20. The lowest BCUT2D eigenvalue weighted by Gasteiger charge is -2.12. The van der Waals surface area contributed by atoms with Crippen molar-refractivity contribution in [2.24, 2.45) is 0 Å². The first kappa shape index (κ1) is 18.3. The number of aromatic nitrogens is 2. The lowest BCUT2D eigenvalue weighted by atomic mass is 10.1. The SMILES string of the molecule is COc1cc(C)c(S(=O)(=O)Nc2nnc(-c3ccc(C)cc3)s2)c(C)c1. The molecule has 0 atom stereocenters. The molecular formula is C18H19N3O3S2. The predicted molar refractivity (Wildman–Crippen MR) is 103 cm³/mol. The Balaban J connectivity index is 1.90. The third kappa shape index (κ3) is 3.71. The molecule has 3 aromatic rings. The van der Waals surface area contributed by atoms with Crippen LogP contribution in [0.25, 0.3) is 10.6 Å². The zero-order valence-electron chi connectivity index (χ0n) is 14.9. The van der Waals surface area contributed by atoms with Crippen LogP contribution in [0.5, 0.6) is 5.75 Å². The van der Waals surface area contributed by atoms with Crippen molar-refractivity contribution in [1.82, 2.24) is 10.2 Å². The molecule has 0 saturated heterocycles. The molecule has 26 heavy (non-hydrogen) atoms. The third-order valence-corrected chi connectivity index (χ3v) is 6.54. The van der Waals surface area contributed by atoms with Gasteiger partial charge in [-0.2, -0.15) is 0 Å². The highest BCUT2D eigenvalue weighted by atomic mass is 32.2. The molecule has 8 heteroatoms. The summed E-state index contributed by atoms with van der Waals surface area (Å²) in [5.74, 6) is 0.622. The van der Waals surface area contributed by atoms with Crippen LogP contribution < -0.4 is 9.46 Å². The fourth-order valence-electron chi connectivity index (χ4n) is 2.70. The highest BCUT2D eigenvalue weighted by Gasteiger charge is 2.22. The van der Waals surface area contributed by atoms with Gasteiger partial charge in [-0.25, -0.2) is 8.42 Å². The van der Waals surface area contributed by atoms with Gasteiger partial charge in [-0.3, -0.25) is 4.72 Å². The minimum Gasteiger partial charge on any atom is -0.497 e. The summed E-state index contributed by atoms with van der Waals surface area (Å²) in [5, 5.41) is 8.95. The van der Waals surface area contributed by atoms with Gasteiger partial charge in [0.15, 0.2) is 0 Å². The summed E-state index contributed by atoms with van der Waals surface area (Å²) in [5.41, 5.74) is 3.26. The molecule has 1 heterocycles. The average Bonchev–Trinajstić information content (AvgIpc) is 3.02. The quantitative estimate of drug-likeness (QED) is 0.715. The minimum atomic E-state index is -3.77. The smallest absolute Gasteiger partial charge is 0.264 e. The Kier molecular flexibility index (Phi) is 4.97. The predicted octanol–water partition coefficient (Wildman–Crippen LogP) is 3.94. The highest BCUT2D eigenvalue weighted by molar-refractivity contribution is 7.93. The zero-order chi connectivity index (χ0) is 18.9. The van der Waals surface area contributed by atoms with E-state index in [1.54, 1.807) is 33.1 Å². The van der Waals surface area contributed by atoms with E-state index in [-0.39, 0.29) is 10.0 Å². The first-order valence-electron chi connectivity index (χ1n) is 7.89. The van der Waals surface area contributed by atoms with Gasteiger partial charge < -0.3 is 4.74 Å². The van der Waals surface area contributed by atoms with Gasteiger partial charge in [-0.15, -0.1) is 10.2 Å². The molecule has 0 aliphatic rings. The van der Waals surface area contributed by atoms with E-state index in [0.29, 0.717) is 21.9 Å². The highest BCUT2D eigenvalue weighted by Crippen LogP contribution is 2.30. The summed E-state index contributed by atoms with van der Waals surface area (Å²) in [6.45, 7) is 5.48. The Bertz CT molecular complexity index is 1020. The number of hydrogen-bond donors (Lipinski definition) is 1. The van der Waals surface area contributed by atoms with Crippen LogP contribution in [0, 0.1) is 20.8 Å². The van der Waals surface area contributed by atoms with E-state index in [2.05, 4.69) is 14.9 Å². The zero-order valence-corrected chi connectivity index (χ0v) is 16.5. The summed E-state index contributed by atoms with van der Waals surface area (Å²) in [6.07, 6.45) is 0. The average molecular weight is 390 g/mol. The number of aryl methyl sites for hydroxylation is 3. The second-order valence-electron chi connectivity index (χ2n) is 5.97. The summed E-state index contributed by atoms with van der Waals surface area (Å²) < 4.78 is 33.4. The van der Waals surface area contributed by atoms with Gasteiger partial charge in [0.25, 0.3) is 10.0 Å². The maximum Gasteiger partial charge on any atom is 0.264 e. The molecule has 1 aromatic heterocycles. The van der Waals surface area contributed by atoms with E-state index in [1.165, 1.54) is 11.3 Å². The summed E-state index contributed by atoms with van der Waals surface area (Å²) in [4.78, 5) is 0.227. The van der Waals surface area contributed by atoms with Crippen LogP contribution in [0.1, 0.15) is 16.7 Å². The maximum absolute atomic E-state index is 12.8. The summed E-state index contributed by atoms with van der Waals surface area (Å²) in [6, 6.07) is 11.2. The number of benzene rings is 2. The number of nitrogens with zero attached hydrogens (tertiary/aromatic N) is 2. The van der Waals surface area contributed by atoms with Gasteiger partial charge in [-0.1, -0.05) is 41.2 Å². The van der Waals surface area contributed by atoms with Gasteiger partial charge in [0.2, 0.25) is 5.13 Å². The van der Waals surface area contributed by atoms with Gasteiger partial charge in [0.05, 0.1) is 12.0 Å². The Hall–Kier alpha value is -2.45. The molecule has 136 valence electrons. The largest absolute Gasteiger partial charge is 0.497 e. The molecule has 0 aliphatic carbocycles. The Morgan fingerprint density at radius 1 is 1.00 bits per heavy atom. The second-order valence-corrected chi connectivity index (χ2v) is 8.57. The number of anilines is 1. The minimum absolute atomic E-state index is 0.227. The molecule has 0 amide bonds. The van der Waals surface area contributed by atoms with E-state index in [4.69, 9.17) is 4.74 Å². The number of ether oxygens (including phenoxy) is 1. The van der Waals surface area contributed by atoms with Gasteiger partial charge in [-0.05, 0) is 44.0 Å². The van der Waals surface area contributed by atoms with E-state index in [1.807, 2.05) is 31.2 Å². The first-order chi connectivity index (χ1) is 12.3. The molecule has 0 aliphatic heterocycles. The van der Waals surface area contributed by atoms with Gasteiger partial charge in [0, 0.05) is 5.56 Å². The second kappa shape index (κ2) is 7.05. The van der Waals surface area contributed by atoms with Crippen LogP contribution in [0.3, 0.4) is 0 Å². The van der Waals surface area contributed by atoms with E-state index in [0.717, 1.165) is 11.1 Å². The van der Waals surface area contributed by atoms with Crippen molar-refractivity contribution in [3.05, 3.63) is 53.1 Å². The van der Waals surface area contributed by atoms with Crippen molar-refractivity contribution in [1.29, 1.82) is 0 Å². The van der Waals surface area contributed by atoms with Crippen molar-refractivity contribution in [3.8, 4) is 16.3 Å². The molecule has 1 N–H and O–H groups in total. The van der Waals surface area contributed by atoms with Crippen molar-refractivity contribution < 1.29 is 13.2 Å². The number of hydrogen-bond acceptors (Lipinski definition) is 6. The van der Waals surface area contributed by atoms with E-state index >= 15 is 0 Å². The van der Waals surface area contributed by atoms with E-state index in [9.17, 15) is 8.42 Å². The third-order valence-electron chi connectivity index (χ3n) is 3.88. The number of sulfonamides is 1. The first-order valence-corrected chi connectivity index (χ1v) is 10.2. The fourth-order valence-corrected chi connectivity index (χ4v) is 5.13. The van der Waals surface area contributed by atoms with Gasteiger partial charge >= 0.3 is 0 Å². The molecule has 0 saturated carbocycles. The fraction of sp³-hybridized carbons (Fsp3) is 0.222. The lowest BCUT2D eigenvalue weighted by molar-refractivity contribution is 0.413. The molecule has 0 unspecified atom stereocenters. The standard InChI is InChI=1S/C18H19N3O3S2/c1-11-5-7-14(8-6-11)17-19-20-18(25-17)21-26(22,23)16-12(2)9-15(24-4)10-13(16)3/h5-10H,1-4H3,(H,20,21). The Labute approximate surface area is 156 Å². The molecule has 6 nitrogen and oxygen atoms in total. The van der Waals surface area contributed by atoms with Crippen LogP contribution in [0.15, 0.2) is 41.3 Å². The van der Waals surface area contributed by atoms with Crippen LogP contribution in [-0.4, -0.2) is 25.7 Å². The molecule has 0 radical (unpaired) electrons. The number of methoxy groups -OCH3 is 1. The number of nitrogens with one attached hydrogen (secondary N) is 1. The molecular weight excluding hydrogens is 370 g/mol. The molecule has 0 fully saturated rings. The van der Waals surface area contributed by atoms with Gasteiger partial charge in [0.1, 0.15) is 10.8 Å². The van der Waals surface area contributed by atoms with Crippen LogP contribution in [0.2, 0.25) is 0 Å². The van der Waals surface area contributed by atoms with Crippen LogP contribution in [-0.2, 0) is 10.0 Å². The van der Waals surface area contributed by atoms with Crippen molar-refractivity contribution in [3.63, 3.8) is 0 Å². The number of rotatable bonds is 5. The summed E-state index contributed by atoms with van der Waals surface area (Å²) in [7, 11) is -2.22. The van der Waals surface area contributed by atoms with E-state index < -0.39 is 10.0 Å². The lowest BCUT2D eigenvalue weighted by Crippen LogP contribution is -2.15. The Morgan fingerprint density at radius 2 is 1.62 bits per heavy atom. The molecule has 2 aromatic carbocycles. The van der Waals surface area contributed by atoms with Crippen molar-refractivity contribution in [2.75, 3.05) is 11.8 Å². The molecule has 3 rings (SSSR count).